The van der Waals surface area contributed by atoms with E-state index in [-0.39, 0.29) is 0 Å². The monoisotopic (exact) mass is 265 g/mol. The molecule has 3 heteroatoms. The van der Waals surface area contributed by atoms with Gasteiger partial charge in [-0.2, -0.15) is 5.10 Å². The van der Waals surface area contributed by atoms with Gasteiger partial charge < -0.3 is 4.90 Å². The van der Waals surface area contributed by atoms with Crippen molar-refractivity contribution < 1.29 is 0 Å². The molecule has 3 nitrogen and oxygen atoms in total. The summed E-state index contributed by atoms with van der Waals surface area (Å²) in [6.45, 7) is 0. The van der Waals surface area contributed by atoms with Crippen LogP contribution in [0.4, 0.5) is 11.4 Å². The van der Waals surface area contributed by atoms with Gasteiger partial charge in [0.2, 0.25) is 0 Å². The summed E-state index contributed by atoms with van der Waals surface area (Å²) in [7, 11) is 4.12. The highest BCUT2D eigenvalue weighted by atomic mass is 15.5. The predicted octanol–water partition coefficient (Wildman–Crippen LogP) is 3.69. The van der Waals surface area contributed by atoms with E-state index in [1.165, 1.54) is 11.3 Å². The van der Waals surface area contributed by atoms with Crippen LogP contribution in [0.15, 0.2) is 59.7 Å². The number of hydrazone groups is 1. The molecule has 0 aromatic heterocycles. The van der Waals surface area contributed by atoms with Crippen LogP contribution in [-0.4, -0.2) is 20.3 Å². The zero-order valence-corrected chi connectivity index (χ0v) is 11.9. The van der Waals surface area contributed by atoms with E-state index in [9.17, 15) is 0 Å². The molecule has 0 fully saturated rings. The van der Waals surface area contributed by atoms with Crippen LogP contribution in [-0.2, 0) is 0 Å². The van der Waals surface area contributed by atoms with Gasteiger partial charge >= 0.3 is 0 Å². The van der Waals surface area contributed by atoms with Crippen molar-refractivity contribution in [2.45, 2.75) is 12.5 Å². The van der Waals surface area contributed by atoms with Crippen LogP contribution in [0.2, 0.25) is 0 Å². The zero-order valence-electron chi connectivity index (χ0n) is 11.9. The maximum atomic E-state index is 4.52. The summed E-state index contributed by atoms with van der Waals surface area (Å²) in [4.78, 5) is 2.11. The summed E-state index contributed by atoms with van der Waals surface area (Å²) in [5.41, 5.74) is 3.67. The molecule has 0 unspecified atom stereocenters. The molecule has 102 valence electrons. The third-order valence-electron chi connectivity index (χ3n) is 3.64. The van der Waals surface area contributed by atoms with Crippen LogP contribution in [0.25, 0.3) is 0 Å². The molecule has 0 bridgehead atoms. The zero-order chi connectivity index (χ0) is 13.9. The summed E-state index contributed by atoms with van der Waals surface area (Å²) < 4.78 is 0. The highest BCUT2D eigenvalue weighted by Crippen LogP contribution is 2.33. The Kier molecular flexibility index (Phi) is 3.42. The highest BCUT2D eigenvalue weighted by Gasteiger charge is 2.23. The Bertz CT molecular complexity index is 587. The van der Waals surface area contributed by atoms with Crippen molar-refractivity contribution in [3.63, 3.8) is 0 Å². The van der Waals surface area contributed by atoms with Crippen molar-refractivity contribution in [2.75, 3.05) is 24.0 Å². The van der Waals surface area contributed by atoms with E-state index in [1.807, 2.05) is 12.3 Å². The molecule has 3 rings (SSSR count). The lowest BCUT2D eigenvalue weighted by Gasteiger charge is -2.24. The summed E-state index contributed by atoms with van der Waals surface area (Å²) in [5.74, 6) is 0. The van der Waals surface area contributed by atoms with Crippen LogP contribution in [0, 0.1) is 0 Å². The number of anilines is 2. The van der Waals surface area contributed by atoms with E-state index < -0.39 is 0 Å². The number of nitrogens with zero attached hydrogens (tertiary/aromatic N) is 3. The Morgan fingerprint density at radius 2 is 1.70 bits per heavy atom. The summed E-state index contributed by atoms with van der Waals surface area (Å²) in [6, 6.07) is 19.4. The van der Waals surface area contributed by atoms with Crippen LogP contribution in [0.5, 0.6) is 0 Å². The van der Waals surface area contributed by atoms with Gasteiger partial charge in [-0.1, -0.05) is 30.3 Å². The van der Waals surface area contributed by atoms with E-state index >= 15 is 0 Å². The first-order valence-electron chi connectivity index (χ1n) is 6.90. The third kappa shape index (κ3) is 2.39. The Balaban J connectivity index is 1.86. The number of para-hydroxylation sites is 1. The summed E-state index contributed by atoms with van der Waals surface area (Å²) >= 11 is 0. The molecule has 1 atom stereocenters. The van der Waals surface area contributed by atoms with Crippen molar-refractivity contribution >= 4 is 17.6 Å². The fourth-order valence-electron chi connectivity index (χ4n) is 2.51. The number of rotatable bonds is 3. The molecule has 0 aliphatic carbocycles. The van der Waals surface area contributed by atoms with Gasteiger partial charge in [0.15, 0.2) is 0 Å². The predicted molar refractivity (Wildman–Crippen MR) is 85.5 cm³/mol. The molecule has 2 aromatic rings. The number of hydrogen-bond donors (Lipinski definition) is 0. The van der Waals surface area contributed by atoms with E-state index in [1.54, 1.807) is 0 Å². The normalized spacial score (nSPS) is 17.5. The van der Waals surface area contributed by atoms with E-state index in [0.717, 1.165) is 12.1 Å². The topological polar surface area (TPSA) is 18.8 Å². The number of hydrogen-bond acceptors (Lipinski definition) is 3. The van der Waals surface area contributed by atoms with Gasteiger partial charge in [0.25, 0.3) is 0 Å². The minimum absolute atomic E-state index is 0.300. The Labute approximate surface area is 120 Å². The lowest BCUT2D eigenvalue weighted by molar-refractivity contribution is 0.709. The fourth-order valence-corrected chi connectivity index (χ4v) is 2.51. The van der Waals surface area contributed by atoms with Gasteiger partial charge in [-0.25, -0.2) is 0 Å². The van der Waals surface area contributed by atoms with Crippen molar-refractivity contribution in [1.29, 1.82) is 0 Å². The molecule has 1 heterocycles. The maximum Gasteiger partial charge on any atom is 0.0825 e. The molecule has 0 saturated carbocycles. The quantitative estimate of drug-likeness (QED) is 0.843. The van der Waals surface area contributed by atoms with Crippen molar-refractivity contribution in [3.8, 4) is 0 Å². The van der Waals surface area contributed by atoms with Crippen LogP contribution in [0.3, 0.4) is 0 Å². The maximum absolute atomic E-state index is 4.52. The second kappa shape index (κ2) is 5.37. The lowest BCUT2D eigenvalue weighted by Crippen LogP contribution is -2.18. The lowest BCUT2D eigenvalue weighted by atomic mass is 10.0. The van der Waals surface area contributed by atoms with Gasteiger partial charge in [0.05, 0.1) is 11.7 Å². The second-order valence-corrected chi connectivity index (χ2v) is 5.22. The summed E-state index contributed by atoms with van der Waals surface area (Å²) in [6.07, 6.45) is 2.95. The first-order valence-corrected chi connectivity index (χ1v) is 6.90. The van der Waals surface area contributed by atoms with Crippen molar-refractivity contribution in [1.82, 2.24) is 0 Å². The molecule has 0 spiro atoms. The van der Waals surface area contributed by atoms with E-state index in [0.29, 0.717) is 6.04 Å². The first kappa shape index (κ1) is 12.7. The Morgan fingerprint density at radius 3 is 2.35 bits per heavy atom. The molecular weight excluding hydrogens is 246 g/mol. The molecule has 20 heavy (non-hydrogen) atoms. The molecule has 0 radical (unpaired) electrons. The molecule has 0 amide bonds. The molecule has 1 aliphatic rings. The average molecular weight is 265 g/mol. The average Bonchev–Trinajstić information content (AvgIpc) is 2.97. The Morgan fingerprint density at radius 1 is 1.00 bits per heavy atom. The van der Waals surface area contributed by atoms with Gasteiger partial charge in [-0.15, -0.1) is 0 Å². The van der Waals surface area contributed by atoms with Gasteiger partial charge in [-0.3, -0.25) is 5.01 Å². The standard InChI is InChI=1S/C17H19N3/c1-19(2)15-10-8-14(9-11-15)17-12-13-18-20(17)16-6-4-3-5-7-16/h3-11,13,17H,12H2,1-2H3/t17-/m0/s1. The summed E-state index contributed by atoms with van der Waals surface area (Å²) in [5, 5.41) is 6.62. The molecule has 1 aliphatic heterocycles. The third-order valence-corrected chi connectivity index (χ3v) is 3.64. The van der Waals surface area contributed by atoms with E-state index in [2.05, 4.69) is 77.6 Å². The fraction of sp³-hybridized carbons (Fsp3) is 0.235. The molecule has 0 N–H and O–H groups in total. The van der Waals surface area contributed by atoms with Crippen LogP contribution >= 0.6 is 0 Å². The number of benzene rings is 2. The molecular formula is C17H19N3. The Hall–Kier alpha value is -2.29. The van der Waals surface area contributed by atoms with Crippen LogP contribution < -0.4 is 9.91 Å². The largest absolute Gasteiger partial charge is 0.378 e. The van der Waals surface area contributed by atoms with Gasteiger partial charge in [0.1, 0.15) is 0 Å². The van der Waals surface area contributed by atoms with Gasteiger partial charge in [-0.05, 0) is 29.8 Å². The smallest absolute Gasteiger partial charge is 0.0825 e. The SMILES string of the molecule is CN(C)c1ccc([C@@H]2CC=NN2c2ccccc2)cc1. The second-order valence-electron chi connectivity index (χ2n) is 5.22. The molecule has 2 aromatic carbocycles. The molecule has 0 saturated heterocycles. The first-order chi connectivity index (χ1) is 9.75. The van der Waals surface area contributed by atoms with Crippen LogP contribution in [0.1, 0.15) is 18.0 Å². The van der Waals surface area contributed by atoms with Crippen molar-refractivity contribution in [3.05, 3.63) is 60.2 Å². The minimum Gasteiger partial charge on any atom is -0.378 e. The van der Waals surface area contributed by atoms with E-state index in [4.69, 9.17) is 0 Å². The minimum atomic E-state index is 0.300. The highest BCUT2D eigenvalue weighted by molar-refractivity contribution is 5.68. The van der Waals surface area contributed by atoms with Crippen molar-refractivity contribution in [2.24, 2.45) is 5.10 Å². The van der Waals surface area contributed by atoms with Gasteiger partial charge in [0, 0.05) is 32.4 Å².